The first kappa shape index (κ1) is 22.9. The van der Waals surface area contributed by atoms with Crippen molar-refractivity contribution in [2.45, 2.75) is 30.6 Å². The third-order valence-corrected chi connectivity index (χ3v) is 6.17. The largest absolute Gasteiger partial charge is 0.417 e. The maximum absolute atomic E-state index is 13.3. The Balaban J connectivity index is 1.48. The highest BCUT2D eigenvalue weighted by Crippen LogP contribution is 2.36. The van der Waals surface area contributed by atoms with Gasteiger partial charge in [0.2, 0.25) is 5.91 Å². The highest BCUT2D eigenvalue weighted by atomic mass is 32.2. The average molecular weight is 475 g/mol. The molecule has 0 saturated carbocycles. The Morgan fingerprint density at radius 1 is 1.03 bits per heavy atom. The summed E-state index contributed by atoms with van der Waals surface area (Å²) in [6, 6.07) is 14.3. The average Bonchev–Trinajstić information content (AvgIpc) is 3.36. The molecular formula is C23H21F3N4O2S. The van der Waals surface area contributed by atoms with Crippen LogP contribution in [0.2, 0.25) is 0 Å². The molecule has 10 heteroatoms. The zero-order chi connectivity index (χ0) is 23.4. The van der Waals surface area contributed by atoms with Crippen molar-refractivity contribution in [2.24, 2.45) is 0 Å². The van der Waals surface area contributed by atoms with Gasteiger partial charge in [-0.15, -0.1) is 0 Å². The lowest BCUT2D eigenvalue weighted by molar-refractivity contribution is -0.137. The Bertz CT molecular complexity index is 1160. The smallest absolute Gasteiger partial charge is 0.354 e. The van der Waals surface area contributed by atoms with Crippen LogP contribution in [0.1, 0.15) is 32.7 Å². The van der Waals surface area contributed by atoms with Crippen LogP contribution in [-0.4, -0.2) is 28.1 Å². The summed E-state index contributed by atoms with van der Waals surface area (Å²) in [5.41, 5.74) is 1.04. The zero-order valence-electron chi connectivity index (χ0n) is 17.5. The summed E-state index contributed by atoms with van der Waals surface area (Å²) >= 11 is 1.59. The lowest BCUT2D eigenvalue weighted by atomic mass is 10.1. The highest BCUT2D eigenvalue weighted by molar-refractivity contribution is 7.98. The molecule has 1 aromatic heterocycles. The second kappa shape index (κ2) is 9.70. The van der Waals surface area contributed by atoms with E-state index in [0.717, 1.165) is 29.0 Å². The summed E-state index contributed by atoms with van der Waals surface area (Å²) in [7, 11) is 0. The van der Waals surface area contributed by atoms with E-state index >= 15 is 0 Å². The summed E-state index contributed by atoms with van der Waals surface area (Å²) in [4.78, 5) is 25.3. The minimum absolute atomic E-state index is 0.150. The van der Waals surface area contributed by atoms with Crippen LogP contribution in [0.3, 0.4) is 0 Å². The first-order valence-electron chi connectivity index (χ1n) is 10.3. The maximum Gasteiger partial charge on any atom is 0.417 e. The maximum atomic E-state index is 13.3. The quantitative estimate of drug-likeness (QED) is 0.537. The monoisotopic (exact) mass is 474 g/mol. The lowest BCUT2D eigenvalue weighted by Crippen LogP contribution is -2.30. The van der Waals surface area contributed by atoms with Crippen molar-refractivity contribution >= 4 is 29.4 Å². The molecule has 6 nitrogen and oxygen atoms in total. The van der Waals surface area contributed by atoms with Crippen LogP contribution in [-0.2, 0) is 35.4 Å². The van der Waals surface area contributed by atoms with Crippen LogP contribution >= 0.6 is 11.8 Å². The van der Waals surface area contributed by atoms with Gasteiger partial charge in [0, 0.05) is 23.6 Å². The Hall–Kier alpha value is -3.27. The molecule has 1 aliphatic heterocycles. The van der Waals surface area contributed by atoms with E-state index in [1.165, 1.54) is 16.8 Å². The molecule has 33 heavy (non-hydrogen) atoms. The van der Waals surface area contributed by atoms with Gasteiger partial charge in [-0.1, -0.05) is 42.5 Å². The van der Waals surface area contributed by atoms with Crippen LogP contribution in [0.5, 0.6) is 0 Å². The predicted molar refractivity (Wildman–Crippen MR) is 120 cm³/mol. The molecule has 0 radical (unpaired) electrons. The van der Waals surface area contributed by atoms with E-state index in [2.05, 4.69) is 15.7 Å². The standard InChI is InChI=1S/C23H21F3N4O2S/c24-23(25,26)18-9-5-4-8-16(18)22(32)28-21-17-13-33-14-19(17)29-30(21)12-20(31)27-11-10-15-6-2-1-3-7-15/h1-9H,10-14H2,(H,27,31)(H,28,32). The van der Waals surface area contributed by atoms with Gasteiger partial charge in [-0.2, -0.15) is 30.0 Å². The van der Waals surface area contributed by atoms with Crippen LogP contribution in [0.4, 0.5) is 19.0 Å². The Morgan fingerprint density at radius 3 is 2.52 bits per heavy atom. The fourth-order valence-electron chi connectivity index (χ4n) is 3.61. The molecular weight excluding hydrogens is 453 g/mol. The number of nitrogens with zero attached hydrogens (tertiary/aromatic N) is 2. The van der Waals surface area contributed by atoms with E-state index in [4.69, 9.17) is 0 Å². The van der Waals surface area contributed by atoms with E-state index < -0.39 is 23.2 Å². The van der Waals surface area contributed by atoms with Gasteiger partial charge >= 0.3 is 6.18 Å². The molecule has 0 spiro atoms. The molecule has 172 valence electrons. The van der Waals surface area contributed by atoms with Crippen LogP contribution in [0.15, 0.2) is 54.6 Å². The fourth-order valence-corrected chi connectivity index (χ4v) is 4.64. The number of amides is 2. The minimum atomic E-state index is -4.66. The second-order valence-corrected chi connectivity index (χ2v) is 8.49. The number of fused-ring (bicyclic) bond motifs is 1. The SMILES string of the molecule is O=C(Cn1nc2c(c1NC(=O)c1ccccc1C(F)(F)F)CSC2)NCCc1ccccc1. The van der Waals surface area contributed by atoms with E-state index in [1.807, 2.05) is 30.3 Å². The van der Waals surface area contributed by atoms with Crippen molar-refractivity contribution in [1.82, 2.24) is 15.1 Å². The number of rotatable bonds is 7. The number of carbonyl (C=O) groups excluding carboxylic acids is 2. The van der Waals surface area contributed by atoms with Gasteiger partial charge in [-0.25, -0.2) is 4.68 Å². The molecule has 2 aromatic carbocycles. The fraction of sp³-hybridized carbons (Fsp3) is 0.261. The first-order valence-corrected chi connectivity index (χ1v) is 11.4. The number of hydrogen-bond acceptors (Lipinski definition) is 4. The Morgan fingerprint density at radius 2 is 1.76 bits per heavy atom. The van der Waals surface area contributed by atoms with Gasteiger partial charge < -0.3 is 10.6 Å². The van der Waals surface area contributed by atoms with Crippen LogP contribution < -0.4 is 10.6 Å². The number of thioether (sulfide) groups is 1. The topological polar surface area (TPSA) is 76.0 Å². The van der Waals surface area contributed by atoms with Crippen molar-refractivity contribution in [3.63, 3.8) is 0 Å². The minimum Gasteiger partial charge on any atom is -0.354 e. The number of hydrogen-bond donors (Lipinski definition) is 2. The number of alkyl halides is 3. The molecule has 1 aliphatic rings. The van der Waals surface area contributed by atoms with E-state index in [9.17, 15) is 22.8 Å². The highest BCUT2D eigenvalue weighted by Gasteiger charge is 2.35. The summed E-state index contributed by atoms with van der Waals surface area (Å²) in [6.45, 7) is 0.281. The lowest BCUT2D eigenvalue weighted by Gasteiger charge is -2.14. The molecule has 2 heterocycles. The molecule has 0 atom stereocenters. The molecule has 3 aromatic rings. The number of benzene rings is 2. The van der Waals surface area contributed by atoms with Gasteiger partial charge in [0.05, 0.1) is 16.8 Å². The van der Waals surface area contributed by atoms with Crippen molar-refractivity contribution in [3.8, 4) is 0 Å². The predicted octanol–water partition coefficient (Wildman–Crippen LogP) is 4.26. The molecule has 0 fully saturated rings. The van der Waals surface area contributed by atoms with Crippen LogP contribution in [0, 0.1) is 0 Å². The van der Waals surface area contributed by atoms with Gasteiger partial charge in [-0.05, 0) is 24.1 Å². The van der Waals surface area contributed by atoms with Crippen molar-refractivity contribution < 1.29 is 22.8 Å². The summed E-state index contributed by atoms with van der Waals surface area (Å²) in [5.74, 6) is 0.232. The molecule has 2 N–H and O–H groups in total. The van der Waals surface area contributed by atoms with Crippen LogP contribution in [0.25, 0.3) is 0 Å². The number of anilines is 1. The van der Waals surface area contributed by atoms with E-state index in [-0.39, 0.29) is 18.3 Å². The molecule has 0 aliphatic carbocycles. The second-order valence-electron chi connectivity index (χ2n) is 7.51. The summed E-state index contributed by atoms with van der Waals surface area (Å²) < 4.78 is 41.4. The van der Waals surface area contributed by atoms with Crippen molar-refractivity contribution in [1.29, 1.82) is 0 Å². The molecule has 2 amide bonds. The Kier molecular flexibility index (Phi) is 6.73. The zero-order valence-corrected chi connectivity index (χ0v) is 18.3. The summed E-state index contributed by atoms with van der Waals surface area (Å²) in [5, 5.41) is 9.81. The number of aromatic nitrogens is 2. The molecule has 4 rings (SSSR count). The van der Waals surface area contributed by atoms with E-state index in [0.29, 0.717) is 24.5 Å². The van der Waals surface area contributed by atoms with Crippen molar-refractivity contribution in [2.75, 3.05) is 11.9 Å². The number of halogens is 3. The van der Waals surface area contributed by atoms with Gasteiger partial charge in [-0.3, -0.25) is 9.59 Å². The molecule has 0 saturated heterocycles. The number of carbonyl (C=O) groups is 2. The van der Waals surface area contributed by atoms with Gasteiger partial charge in [0.1, 0.15) is 12.4 Å². The third kappa shape index (κ3) is 5.39. The summed E-state index contributed by atoms with van der Waals surface area (Å²) in [6.07, 6.45) is -4.00. The van der Waals surface area contributed by atoms with Gasteiger partial charge in [0.25, 0.3) is 5.91 Å². The number of nitrogens with one attached hydrogen (secondary N) is 2. The van der Waals surface area contributed by atoms with Gasteiger partial charge in [0.15, 0.2) is 0 Å². The first-order chi connectivity index (χ1) is 15.8. The third-order valence-electron chi connectivity index (χ3n) is 5.20. The Labute approximate surface area is 192 Å². The normalized spacial score (nSPS) is 12.9. The molecule has 0 unspecified atom stereocenters. The van der Waals surface area contributed by atoms with E-state index in [1.54, 1.807) is 11.8 Å². The van der Waals surface area contributed by atoms with Crippen molar-refractivity contribution in [3.05, 3.63) is 82.5 Å². The molecule has 0 bridgehead atoms.